The number of carbonyl (C=O) groups is 1. The number of hydrogen-bond donors (Lipinski definition) is 2. The molecule has 92 valence electrons. The van der Waals surface area contributed by atoms with Crippen LogP contribution in [0.4, 0.5) is 0 Å². The third kappa shape index (κ3) is 4.52. The maximum absolute atomic E-state index is 11.6. The average molecular weight is 224 g/mol. The molecule has 2 aliphatic carbocycles. The highest BCUT2D eigenvalue weighted by Gasteiger charge is 2.25. The molecule has 0 aliphatic heterocycles. The molecule has 2 rings (SSSR count). The first kappa shape index (κ1) is 11.9. The predicted octanol–water partition coefficient (Wildman–Crippen LogP) is 1.68. The number of rotatable bonds is 8. The van der Waals surface area contributed by atoms with E-state index in [1.165, 1.54) is 32.1 Å². The fraction of sp³-hybridized carbons (Fsp3) is 0.923. The highest BCUT2D eigenvalue weighted by atomic mass is 16.1. The van der Waals surface area contributed by atoms with Crippen LogP contribution in [0.1, 0.15) is 45.4 Å². The summed E-state index contributed by atoms with van der Waals surface area (Å²) in [6.45, 7) is 3.68. The van der Waals surface area contributed by atoms with Gasteiger partial charge in [0.05, 0.1) is 6.54 Å². The molecule has 2 N–H and O–H groups in total. The Kier molecular flexibility index (Phi) is 4.22. The fourth-order valence-corrected chi connectivity index (χ4v) is 2.07. The van der Waals surface area contributed by atoms with Crippen molar-refractivity contribution >= 4 is 5.91 Å². The molecule has 1 atom stereocenters. The van der Waals surface area contributed by atoms with E-state index in [9.17, 15) is 4.79 Å². The highest BCUT2D eigenvalue weighted by molar-refractivity contribution is 5.78. The number of carbonyl (C=O) groups excluding carboxylic acids is 1. The predicted molar refractivity (Wildman–Crippen MR) is 65.2 cm³/mol. The van der Waals surface area contributed by atoms with Crippen LogP contribution in [0.15, 0.2) is 0 Å². The monoisotopic (exact) mass is 224 g/mol. The van der Waals surface area contributed by atoms with Crippen LogP contribution >= 0.6 is 0 Å². The van der Waals surface area contributed by atoms with Crippen LogP contribution in [-0.4, -0.2) is 25.0 Å². The number of amides is 1. The van der Waals surface area contributed by atoms with Crippen molar-refractivity contribution in [3.8, 4) is 0 Å². The SMILES string of the molecule is CCC(CC1CC1)NC(=O)CNCC1CC1. The maximum atomic E-state index is 11.6. The molecule has 0 bridgehead atoms. The van der Waals surface area contributed by atoms with Gasteiger partial charge < -0.3 is 10.6 Å². The van der Waals surface area contributed by atoms with Crippen LogP contribution in [0.25, 0.3) is 0 Å². The first-order valence-electron chi connectivity index (χ1n) is 6.78. The van der Waals surface area contributed by atoms with Gasteiger partial charge in [-0.2, -0.15) is 0 Å². The third-order valence-electron chi connectivity index (χ3n) is 3.59. The summed E-state index contributed by atoms with van der Waals surface area (Å²) in [5, 5.41) is 6.36. The summed E-state index contributed by atoms with van der Waals surface area (Å²) in [7, 11) is 0. The molecule has 0 aromatic rings. The van der Waals surface area contributed by atoms with Crippen LogP contribution in [0.3, 0.4) is 0 Å². The second-order valence-electron chi connectivity index (χ2n) is 5.43. The van der Waals surface area contributed by atoms with Crippen LogP contribution in [-0.2, 0) is 4.79 Å². The first-order valence-corrected chi connectivity index (χ1v) is 6.78. The fourth-order valence-electron chi connectivity index (χ4n) is 2.07. The first-order chi connectivity index (χ1) is 7.78. The van der Waals surface area contributed by atoms with Gasteiger partial charge in [0.1, 0.15) is 0 Å². The van der Waals surface area contributed by atoms with Crippen molar-refractivity contribution in [3.05, 3.63) is 0 Å². The van der Waals surface area contributed by atoms with Gasteiger partial charge in [0, 0.05) is 6.04 Å². The second-order valence-corrected chi connectivity index (χ2v) is 5.43. The molecule has 0 aromatic heterocycles. The molecule has 3 nitrogen and oxygen atoms in total. The van der Waals surface area contributed by atoms with E-state index in [0.717, 1.165) is 24.8 Å². The van der Waals surface area contributed by atoms with Gasteiger partial charge in [-0.05, 0) is 44.1 Å². The van der Waals surface area contributed by atoms with Crippen molar-refractivity contribution in [2.75, 3.05) is 13.1 Å². The van der Waals surface area contributed by atoms with Gasteiger partial charge >= 0.3 is 0 Å². The van der Waals surface area contributed by atoms with E-state index in [1.54, 1.807) is 0 Å². The lowest BCUT2D eigenvalue weighted by atomic mass is 10.1. The summed E-state index contributed by atoms with van der Waals surface area (Å²) in [5.74, 6) is 1.92. The summed E-state index contributed by atoms with van der Waals surface area (Å²) in [6.07, 6.45) is 7.66. The third-order valence-corrected chi connectivity index (χ3v) is 3.59. The highest BCUT2D eigenvalue weighted by Crippen LogP contribution is 2.34. The Morgan fingerprint density at radius 1 is 1.25 bits per heavy atom. The summed E-state index contributed by atoms with van der Waals surface area (Å²) >= 11 is 0. The van der Waals surface area contributed by atoms with Gasteiger partial charge in [0.25, 0.3) is 0 Å². The van der Waals surface area contributed by atoms with E-state index in [0.29, 0.717) is 12.6 Å². The van der Waals surface area contributed by atoms with E-state index in [2.05, 4.69) is 17.6 Å². The molecule has 2 aliphatic rings. The van der Waals surface area contributed by atoms with E-state index in [1.807, 2.05) is 0 Å². The molecule has 0 heterocycles. The minimum atomic E-state index is 0.174. The Labute approximate surface area is 98.4 Å². The molecule has 2 fully saturated rings. The average Bonchev–Trinajstić information content (AvgIpc) is 3.11. The standard InChI is InChI=1S/C13H24N2O/c1-2-12(7-10-3-4-10)15-13(16)9-14-8-11-5-6-11/h10-12,14H,2-9H2,1H3,(H,15,16). The van der Waals surface area contributed by atoms with Gasteiger partial charge in [0.2, 0.25) is 5.91 Å². The van der Waals surface area contributed by atoms with Crippen molar-refractivity contribution in [1.82, 2.24) is 10.6 Å². The Bertz CT molecular complexity index is 234. The molecule has 3 heteroatoms. The Morgan fingerprint density at radius 3 is 2.50 bits per heavy atom. The van der Waals surface area contributed by atoms with Gasteiger partial charge in [-0.3, -0.25) is 4.79 Å². The molecule has 0 saturated heterocycles. The maximum Gasteiger partial charge on any atom is 0.234 e. The zero-order chi connectivity index (χ0) is 11.4. The van der Waals surface area contributed by atoms with Crippen molar-refractivity contribution in [1.29, 1.82) is 0 Å². The van der Waals surface area contributed by atoms with Crippen molar-refractivity contribution in [2.24, 2.45) is 11.8 Å². The Hall–Kier alpha value is -0.570. The lowest BCUT2D eigenvalue weighted by Gasteiger charge is -2.16. The van der Waals surface area contributed by atoms with Crippen molar-refractivity contribution in [3.63, 3.8) is 0 Å². The lowest BCUT2D eigenvalue weighted by Crippen LogP contribution is -2.40. The second kappa shape index (κ2) is 5.67. The molecule has 0 aromatic carbocycles. The number of hydrogen-bond acceptors (Lipinski definition) is 2. The molecule has 2 saturated carbocycles. The largest absolute Gasteiger partial charge is 0.352 e. The molecular weight excluding hydrogens is 200 g/mol. The summed E-state index contributed by atoms with van der Waals surface area (Å²) < 4.78 is 0. The molecule has 1 unspecified atom stereocenters. The Morgan fingerprint density at radius 2 is 1.94 bits per heavy atom. The van der Waals surface area contributed by atoms with Crippen LogP contribution in [0, 0.1) is 11.8 Å². The summed E-state index contributed by atoms with van der Waals surface area (Å²) in [6, 6.07) is 0.405. The van der Waals surface area contributed by atoms with Crippen LogP contribution < -0.4 is 10.6 Å². The van der Waals surface area contributed by atoms with E-state index < -0.39 is 0 Å². The summed E-state index contributed by atoms with van der Waals surface area (Å²) in [4.78, 5) is 11.6. The number of nitrogens with one attached hydrogen (secondary N) is 2. The van der Waals surface area contributed by atoms with E-state index in [-0.39, 0.29) is 5.91 Å². The molecule has 1 amide bonds. The van der Waals surface area contributed by atoms with Crippen LogP contribution in [0.5, 0.6) is 0 Å². The van der Waals surface area contributed by atoms with E-state index >= 15 is 0 Å². The molecule has 0 spiro atoms. The van der Waals surface area contributed by atoms with Crippen molar-refractivity contribution < 1.29 is 4.79 Å². The lowest BCUT2D eigenvalue weighted by molar-refractivity contribution is -0.121. The zero-order valence-corrected chi connectivity index (χ0v) is 10.3. The van der Waals surface area contributed by atoms with E-state index in [4.69, 9.17) is 0 Å². The van der Waals surface area contributed by atoms with Crippen molar-refractivity contribution in [2.45, 2.75) is 51.5 Å². The topological polar surface area (TPSA) is 41.1 Å². The smallest absolute Gasteiger partial charge is 0.234 e. The normalized spacial score (nSPS) is 21.8. The van der Waals surface area contributed by atoms with Gasteiger partial charge in [-0.1, -0.05) is 19.8 Å². The zero-order valence-electron chi connectivity index (χ0n) is 10.3. The van der Waals surface area contributed by atoms with Crippen LogP contribution in [0.2, 0.25) is 0 Å². The minimum Gasteiger partial charge on any atom is -0.352 e. The quantitative estimate of drug-likeness (QED) is 0.658. The molecule has 16 heavy (non-hydrogen) atoms. The van der Waals surface area contributed by atoms with Gasteiger partial charge in [0.15, 0.2) is 0 Å². The minimum absolute atomic E-state index is 0.174. The van der Waals surface area contributed by atoms with Gasteiger partial charge in [-0.25, -0.2) is 0 Å². The van der Waals surface area contributed by atoms with Gasteiger partial charge in [-0.15, -0.1) is 0 Å². The summed E-state index contributed by atoms with van der Waals surface area (Å²) in [5.41, 5.74) is 0. The Balaban J connectivity index is 1.55. The molecular formula is C13H24N2O. The molecule has 0 radical (unpaired) electrons.